The van der Waals surface area contributed by atoms with Gasteiger partial charge in [-0.15, -0.1) is 0 Å². The molecule has 2 aromatic rings. The van der Waals surface area contributed by atoms with Gasteiger partial charge in [0.2, 0.25) is 0 Å². The van der Waals surface area contributed by atoms with Crippen LogP contribution >= 0.6 is 0 Å². The Labute approximate surface area is 148 Å². The standard InChI is InChI=1S/C17H14F3NO4S/c1-25-16(22)10-9-12-5-2-3-8-15(12)21-26(23,24)14-7-4-6-13(11-14)17(18,19)20/h2-11,21H,1H3. The van der Waals surface area contributed by atoms with E-state index in [4.69, 9.17) is 0 Å². The van der Waals surface area contributed by atoms with E-state index in [1.165, 1.54) is 25.3 Å². The van der Waals surface area contributed by atoms with Gasteiger partial charge in [0.05, 0.1) is 23.3 Å². The Balaban J connectivity index is 2.36. The Morgan fingerprint density at radius 2 is 1.81 bits per heavy atom. The number of alkyl halides is 3. The summed E-state index contributed by atoms with van der Waals surface area (Å²) in [5.41, 5.74) is -0.627. The van der Waals surface area contributed by atoms with Crippen LogP contribution in [0.25, 0.3) is 6.08 Å². The van der Waals surface area contributed by atoms with Crippen molar-refractivity contribution >= 4 is 27.8 Å². The summed E-state index contributed by atoms with van der Waals surface area (Å²) in [5, 5.41) is 0. The lowest BCUT2D eigenvalue weighted by Crippen LogP contribution is -2.15. The van der Waals surface area contributed by atoms with Crippen molar-refractivity contribution in [1.29, 1.82) is 0 Å². The molecule has 0 fully saturated rings. The van der Waals surface area contributed by atoms with Gasteiger partial charge in [-0.2, -0.15) is 13.2 Å². The zero-order valence-corrected chi connectivity index (χ0v) is 14.3. The molecule has 1 N–H and O–H groups in total. The van der Waals surface area contributed by atoms with Crippen LogP contribution in [0.3, 0.4) is 0 Å². The van der Waals surface area contributed by atoms with Crippen LogP contribution in [0.15, 0.2) is 59.5 Å². The molecule has 0 radical (unpaired) electrons. The predicted molar refractivity (Wildman–Crippen MR) is 89.7 cm³/mol. The molecule has 0 heterocycles. The fraction of sp³-hybridized carbons (Fsp3) is 0.118. The van der Waals surface area contributed by atoms with Crippen LogP contribution < -0.4 is 4.72 Å². The molecular formula is C17H14F3NO4S. The van der Waals surface area contributed by atoms with Crippen LogP contribution in [0.2, 0.25) is 0 Å². The van der Waals surface area contributed by atoms with Crippen LogP contribution in [-0.4, -0.2) is 21.5 Å². The minimum Gasteiger partial charge on any atom is -0.466 e. The monoisotopic (exact) mass is 385 g/mol. The molecule has 0 aromatic heterocycles. The van der Waals surface area contributed by atoms with Gasteiger partial charge < -0.3 is 4.74 Å². The van der Waals surface area contributed by atoms with Gasteiger partial charge in [-0.1, -0.05) is 24.3 Å². The van der Waals surface area contributed by atoms with E-state index in [1.807, 2.05) is 0 Å². The van der Waals surface area contributed by atoms with E-state index in [0.29, 0.717) is 11.6 Å². The van der Waals surface area contributed by atoms with Gasteiger partial charge >= 0.3 is 12.1 Å². The van der Waals surface area contributed by atoms with Crippen LogP contribution in [0.4, 0.5) is 18.9 Å². The fourth-order valence-corrected chi connectivity index (χ4v) is 3.14. The van der Waals surface area contributed by atoms with E-state index < -0.39 is 32.6 Å². The smallest absolute Gasteiger partial charge is 0.416 e. The third-order valence-electron chi connectivity index (χ3n) is 3.28. The van der Waals surface area contributed by atoms with Crippen molar-refractivity contribution < 1.29 is 31.1 Å². The molecule has 0 spiro atoms. The maximum Gasteiger partial charge on any atom is 0.416 e. The van der Waals surface area contributed by atoms with E-state index in [2.05, 4.69) is 9.46 Å². The van der Waals surface area contributed by atoms with Crippen LogP contribution in [-0.2, 0) is 25.7 Å². The predicted octanol–water partition coefficient (Wildman–Crippen LogP) is 3.69. The lowest BCUT2D eigenvalue weighted by molar-refractivity contribution is -0.138. The summed E-state index contributed by atoms with van der Waals surface area (Å²) in [7, 11) is -3.07. The molecule has 2 aromatic carbocycles. The number of anilines is 1. The summed E-state index contributed by atoms with van der Waals surface area (Å²) in [6.45, 7) is 0. The van der Waals surface area contributed by atoms with Crippen molar-refractivity contribution in [3.05, 3.63) is 65.7 Å². The number of hydrogen-bond donors (Lipinski definition) is 1. The molecule has 0 unspecified atom stereocenters. The largest absolute Gasteiger partial charge is 0.466 e. The second-order valence-corrected chi connectivity index (χ2v) is 6.76. The molecule has 0 amide bonds. The minimum atomic E-state index is -4.66. The maximum absolute atomic E-state index is 12.8. The summed E-state index contributed by atoms with van der Waals surface area (Å²) >= 11 is 0. The normalized spacial score (nSPS) is 12.2. The molecule has 5 nitrogen and oxygen atoms in total. The van der Waals surface area contributed by atoms with Crippen molar-refractivity contribution in [3.63, 3.8) is 0 Å². The van der Waals surface area contributed by atoms with Gasteiger partial charge in [-0.05, 0) is 35.9 Å². The van der Waals surface area contributed by atoms with E-state index in [0.717, 1.165) is 24.3 Å². The van der Waals surface area contributed by atoms with Gasteiger partial charge in [-0.25, -0.2) is 13.2 Å². The van der Waals surface area contributed by atoms with E-state index in [-0.39, 0.29) is 5.69 Å². The quantitative estimate of drug-likeness (QED) is 0.629. The molecule has 9 heteroatoms. The van der Waals surface area contributed by atoms with E-state index in [1.54, 1.807) is 12.1 Å². The number of para-hydroxylation sites is 1. The molecule has 2 rings (SSSR count). The topological polar surface area (TPSA) is 72.5 Å². The first kappa shape index (κ1) is 19.5. The first-order valence-corrected chi connectivity index (χ1v) is 8.67. The van der Waals surface area contributed by atoms with Crippen molar-refractivity contribution in [2.45, 2.75) is 11.1 Å². The molecule has 0 saturated carbocycles. The Morgan fingerprint density at radius 3 is 2.46 bits per heavy atom. The number of rotatable bonds is 5. The van der Waals surface area contributed by atoms with Gasteiger partial charge in [0.25, 0.3) is 10.0 Å². The zero-order chi connectivity index (χ0) is 19.4. The van der Waals surface area contributed by atoms with Crippen molar-refractivity contribution in [2.24, 2.45) is 0 Å². The molecule has 0 bridgehead atoms. The van der Waals surface area contributed by atoms with Gasteiger partial charge in [0, 0.05) is 6.08 Å². The van der Waals surface area contributed by atoms with Gasteiger partial charge in [0.1, 0.15) is 0 Å². The number of carbonyl (C=O) groups is 1. The average molecular weight is 385 g/mol. The first-order valence-electron chi connectivity index (χ1n) is 7.18. The zero-order valence-electron chi connectivity index (χ0n) is 13.4. The van der Waals surface area contributed by atoms with Gasteiger partial charge in [0.15, 0.2) is 0 Å². The molecular weight excluding hydrogens is 371 g/mol. The Hall–Kier alpha value is -2.81. The number of nitrogens with one attached hydrogen (secondary N) is 1. The summed E-state index contributed by atoms with van der Waals surface area (Å²) in [4.78, 5) is 10.7. The Kier molecular flexibility index (Phi) is 5.71. The lowest BCUT2D eigenvalue weighted by atomic mass is 10.2. The number of esters is 1. The molecule has 26 heavy (non-hydrogen) atoms. The number of hydrogen-bond acceptors (Lipinski definition) is 4. The fourth-order valence-electron chi connectivity index (χ4n) is 2.00. The summed E-state index contributed by atoms with van der Waals surface area (Å²) in [6, 6.07) is 9.51. The highest BCUT2D eigenvalue weighted by molar-refractivity contribution is 7.92. The lowest BCUT2D eigenvalue weighted by Gasteiger charge is -2.12. The number of benzene rings is 2. The highest BCUT2D eigenvalue weighted by atomic mass is 32.2. The SMILES string of the molecule is COC(=O)C=Cc1ccccc1NS(=O)(=O)c1cccc(C(F)(F)F)c1. The second-order valence-electron chi connectivity index (χ2n) is 5.07. The second kappa shape index (κ2) is 7.61. The third kappa shape index (κ3) is 4.85. The average Bonchev–Trinajstić information content (AvgIpc) is 2.60. The molecule has 0 atom stereocenters. The van der Waals surface area contributed by atoms with Gasteiger partial charge in [-0.3, -0.25) is 4.72 Å². The molecule has 138 valence electrons. The highest BCUT2D eigenvalue weighted by Gasteiger charge is 2.31. The van der Waals surface area contributed by atoms with Crippen molar-refractivity contribution in [2.75, 3.05) is 11.8 Å². The maximum atomic E-state index is 12.8. The molecule has 0 aliphatic rings. The number of halogens is 3. The number of sulfonamides is 1. The summed E-state index contributed by atoms with van der Waals surface area (Å²) in [6.07, 6.45) is -2.24. The molecule has 0 aliphatic carbocycles. The van der Waals surface area contributed by atoms with Crippen molar-refractivity contribution in [1.82, 2.24) is 0 Å². The number of carbonyl (C=O) groups excluding carboxylic acids is 1. The Bertz CT molecular complexity index is 937. The minimum absolute atomic E-state index is 0.102. The first-order chi connectivity index (χ1) is 12.1. The number of methoxy groups -OCH3 is 1. The Morgan fingerprint density at radius 1 is 1.12 bits per heavy atom. The van der Waals surface area contributed by atoms with Crippen molar-refractivity contribution in [3.8, 4) is 0 Å². The summed E-state index contributed by atoms with van der Waals surface area (Å²) in [5.74, 6) is -0.638. The molecule has 0 aliphatic heterocycles. The number of ether oxygens (including phenoxy) is 1. The summed E-state index contributed by atoms with van der Waals surface area (Å²) < 4.78 is 69.9. The molecule has 0 saturated heterocycles. The van der Waals surface area contributed by atoms with Crippen LogP contribution in [0.1, 0.15) is 11.1 Å². The van der Waals surface area contributed by atoms with Crippen LogP contribution in [0, 0.1) is 0 Å². The highest BCUT2D eigenvalue weighted by Crippen LogP contribution is 2.31. The van der Waals surface area contributed by atoms with Crippen LogP contribution in [0.5, 0.6) is 0 Å². The van der Waals surface area contributed by atoms with E-state index in [9.17, 15) is 26.4 Å². The van der Waals surface area contributed by atoms with E-state index >= 15 is 0 Å². The third-order valence-corrected chi connectivity index (χ3v) is 4.64.